The summed E-state index contributed by atoms with van der Waals surface area (Å²) in [4.78, 5) is 5.65. The van der Waals surface area contributed by atoms with Crippen molar-refractivity contribution in [2.75, 3.05) is 0 Å². The zero-order valence-corrected chi connectivity index (χ0v) is 43.2. The smallest absolute Gasteiger partial charge is 0.132 e. The van der Waals surface area contributed by atoms with E-state index in [1.165, 1.54) is 0 Å². The van der Waals surface area contributed by atoms with Gasteiger partial charge in [0.15, 0.2) is 0 Å². The molecule has 0 saturated heterocycles. The molecule has 0 aliphatic carbocycles. The van der Waals surface area contributed by atoms with Gasteiger partial charge in [-0.15, -0.1) is 0 Å². The Kier molecular flexibility index (Phi) is 12.8. The Hall–Kier alpha value is -9.09. The molecule has 0 aliphatic heterocycles. The molecule has 0 aromatic heterocycles. The first-order valence-corrected chi connectivity index (χ1v) is 26.2. The average Bonchev–Trinajstić information content (AvgIpc) is 3.55. The maximum atomic E-state index is 13.0. The minimum atomic E-state index is -0.476. The molecule has 0 fully saturated rings. The minimum Gasteiger partial charge on any atom is -0.507 e. The lowest BCUT2D eigenvalue weighted by atomic mass is 9.85. The number of hydrogen-bond donors (Lipinski definition) is 3. The van der Waals surface area contributed by atoms with Gasteiger partial charge in [-0.3, -0.25) is 4.99 Å². The number of nitrogens with zero attached hydrogens (tertiary/aromatic N) is 1. The van der Waals surface area contributed by atoms with Crippen LogP contribution in [0.5, 0.6) is 11.5 Å². The highest BCUT2D eigenvalue weighted by atomic mass is 16.3. The van der Waals surface area contributed by atoms with Crippen LogP contribution < -0.4 is 5.32 Å². The number of phenols is 2. The lowest BCUT2D eigenvalue weighted by molar-refractivity contribution is 0.435. The fraction of sp³-hybridized carbons (Fsp3) is 0.0972. The predicted octanol–water partition coefficient (Wildman–Crippen LogP) is 18.3. The molecule has 0 spiro atoms. The Balaban J connectivity index is 1.04. The number of nitrogens with one attached hydrogen (secondary N) is 1. The maximum Gasteiger partial charge on any atom is 0.132 e. The van der Waals surface area contributed by atoms with Crippen LogP contribution in [0.4, 0.5) is 0 Å². The molecule has 0 saturated carbocycles. The van der Waals surface area contributed by atoms with E-state index in [9.17, 15) is 10.2 Å². The number of aromatic hydroxyl groups is 2. The summed E-state index contributed by atoms with van der Waals surface area (Å²) in [5.41, 5.74) is 15.9. The molecule has 4 nitrogen and oxygen atoms in total. The van der Waals surface area contributed by atoms with E-state index in [1.54, 1.807) is 0 Å². The molecule has 3 N–H and O–H groups in total. The largest absolute Gasteiger partial charge is 0.507 e. The summed E-state index contributed by atoms with van der Waals surface area (Å²) in [5.74, 6) is 0.408. The van der Waals surface area contributed by atoms with Crippen molar-refractivity contribution in [2.45, 2.75) is 46.3 Å². The normalized spacial score (nSPS) is 12.5. The topological polar surface area (TPSA) is 64.9 Å². The van der Waals surface area contributed by atoms with Crippen molar-refractivity contribution >= 4 is 49.3 Å². The van der Waals surface area contributed by atoms with E-state index >= 15 is 0 Å². The number of rotatable bonds is 12. The van der Waals surface area contributed by atoms with Gasteiger partial charge in [0.2, 0.25) is 0 Å². The zero-order chi connectivity index (χ0) is 51.9. The van der Waals surface area contributed by atoms with Crippen LogP contribution in [0.3, 0.4) is 0 Å². The van der Waals surface area contributed by atoms with Gasteiger partial charge in [0.25, 0.3) is 0 Å². The number of aryl methyl sites for hydroxylation is 4. The minimum absolute atomic E-state index is 0.169. The summed E-state index contributed by atoms with van der Waals surface area (Å²) in [6.45, 7) is 8.89. The lowest BCUT2D eigenvalue weighted by Gasteiger charge is -2.28. The molecule has 76 heavy (non-hydrogen) atoms. The van der Waals surface area contributed by atoms with E-state index in [0.717, 1.165) is 127 Å². The third-order valence-corrected chi connectivity index (χ3v) is 15.1. The van der Waals surface area contributed by atoms with Crippen LogP contribution in [-0.2, 0) is 6.54 Å². The third-order valence-electron chi connectivity index (χ3n) is 15.1. The number of benzene rings is 12. The molecule has 0 aliphatic rings. The van der Waals surface area contributed by atoms with Gasteiger partial charge in [0.1, 0.15) is 11.5 Å². The summed E-state index contributed by atoms with van der Waals surface area (Å²) < 4.78 is 0. The van der Waals surface area contributed by atoms with Crippen molar-refractivity contribution in [1.29, 1.82) is 0 Å². The SMILES string of the molecule is Cc1cc(C)cc([C@H](N=Cc2cc3ccccc3c(-c3c(-c4ccccc4)ccc4ccccc34)c2O)[C@@H](NCc2cc3ccccc3c(-c3c(-c4ccccc4)ccc4ccccc34)c2O)c2cc(C)cc(C)c2)c1. The summed E-state index contributed by atoms with van der Waals surface area (Å²) in [5, 5.41) is 38.3. The highest BCUT2D eigenvalue weighted by Crippen LogP contribution is 2.49. The first-order chi connectivity index (χ1) is 37.2. The first-order valence-electron chi connectivity index (χ1n) is 26.2. The van der Waals surface area contributed by atoms with E-state index < -0.39 is 6.04 Å². The highest BCUT2D eigenvalue weighted by molar-refractivity contribution is 6.15. The van der Waals surface area contributed by atoms with Gasteiger partial charge >= 0.3 is 0 Å². The second-order valence-corrected chi connectivity index (χ2v) is 20.5. The van der Waals surface area contributed by atoms with E-state index in [0.29, 0.717) is 12.1 Å². The fourth-order valence-electron chi connectivity index (χ4n) is 11.8. The second kappa shape index (κ2) is 20.3. The molecule has 0 unspecified atom stereocenters. The van der Waals surface area contributed by atoms with Crippen molar-refractivity contribution in [3.05, 3.63) is 275 Å². The Labute approximate surface area is 445 Å². The fourth-order valence-corrected chi connectivity index (χ4v) is 11.8. The van der Waals surface area contributed by atoms with E-state index in [-0.39, 0.29) is 17.5 Å². The van der Waals surface area contributed by atoms with E-state index in [2.05, 4.69) is 245 Å². The molecule has 12 aromatic rings. The molecule has 2 atom stereocenters. The van der Waals surface area contributed by atoms with Crippen LogP contribution in [0.15, 0.2) is 236 Å². The first kappa shape index (κ1) is 47.9. The molecule has 0 heterocycles. The van der Waals surface area contributed by atoms with Crippen molar-refractivity contribution in [2.24, 2.45) is 4.99 Å². The Morgan fingerprint density at radius 1 is 0.395 bits per heavy atom. The number of fused-ring (bicyclic) bond motifs is 4. The Morgan fingerprint density at radius 3 is 1.30 bits per heavy atom. The van der Waals surface area contributed by atoms with Gasteiger partial charge in [-0.25, -0.2) is 0 Å². The summed E-state index contributed by atoms with van der Waals surface area (Å²) >= 11 is 0. The molecule has 12 rings (SSSR count). The third kappa shape index (κ3) is 9.08. The van der Waals surface area contributed by atoms with Gasteiger partial charge in [-0.1, -0.05) is 241 Å². The highest BCUT2D eigenvalue weighted by Gasteiger charge is 2.28. The van der Waals surface area contributed by atoms with E-state index in [4.69, 9.17) is 4.99 Å². The predicted molar refractivity (Wildman–Crippen MR) is 320 cm³/mol. The lowest BCUT2D eigenvalue weighted by Crippen LogP contribution is -2.27. The average molecular weight is 983 g/mol. The molecule has 0 bridgehead atoms. The summed E-state index contributed by atoms with van der Waals surface area (Å²) in [6.07, 6.45) is 1.88. The van der Waals surface area contributed by atoms with Crippen molar-refractivity contribution < 1.29 is 10.2 Å². The monoisotopic (exact) mass is 982 g/mol. The van der Waals surface area contributed by atoms with Crippen LogP contribution in [0.1, 0.15) is 56.6 Å². The standard InChI is InChI=1S/C72H58N2O2/c1-45-35-46(2)38-55(37-45)69(73-43-57-41-53-25-13-17-29-61(53)67(71(57)75)65-59-27-15-11-23-51(59)31-33-63(65)49-19-7-5-8-20-49)70(56-39-47(3)36-48(4)40-56)74-44-58-42-54-26-14-18-30-62(54)68(72(58)76)66-60-28-16-12-24-52(60)32-34-64(66)50-21-9-6-10-22-50/h5-43,69-70,74-76H,44H2,1-4H3/t69-,70-/m0/s1. The van der Waals surface area contributed by atoms with Gasteiger partial charge in [0.05, 0.1) is 12.1 Å². The molecule has 12 aromatic carbocycles. The van der Waals surface area contributed by atoms with Crippen LogP contribution in [0, 0.1) is 27.7 Å². The van der Waals surface area contributed by atoms with Gasteiger partial charge in [0, 0.05) is 46.1 Å². The maximum absolute atomic E-state index is 13.0. The number of phenolic OH excluding ortho intramolecular Hbond substituents is 2. The van der Waals surface area contributed by atoms with Gasteiger partial charge in [-0.2, -0.15) is 0 Å². The summed E-state index contributed by atoms with van der Waals surface area (Å²) in [6, 6.07) is 80.0. The second-order valence-electron chi connectivity index (χ2n) is 20.5. The van der Waals surface area contributed by atoms with Crippen molar-refractivity contribution in [1.82, 2.24) is 5.32 Å². The molecular formula is C72H58N2O2. The van der Waals surface area contributed by atoms with Crippen molar-refractivity contribution in [3.8, 4) is 56.0 Å². The van der Waals surface area contributed by atoms with E-state index in [1.807, 2.05) is 24.4 Å². The van der Waals surface area contributed by atoms with Gasteiger partial charge < -0.3 is 15.5 Å². The van der Waals surface area contributed by atoms with Crippen LogP contribution in [0.25, 0.3) is 87.6 Å². The van der Waals surface area contributed by atoms with Crippen molar-refractivity contribution in [3.63, 3.8) is 0 Å². The number of aliphatic imine (C=N–C) groups is 1. The van der Waals surface area contributed by atoms with Crippen LogP contribution in [-0.4, -0.2) is 16.4 Å². The van der Waals surface area contributed by atoms with Gasteiger partial charge in [-0.05, 0) is 116 Å². The zero-order valence-electron chi connectivity index (χ0n) is 43.2. The molecule has 4 heteroatoms. The summed E-state index contributed by atoms with van der Waals surface area (Å²) in [7, 11) is 0. The number of hydrogen-bond acceptors (Lipinski definition) is 4. The molecule has 368 valence electrons. The quantitative estimate of drug-likeness (QED) is 0.107. The Bertz CT molecular complexity index is 4160. The Morgan fingerprint density at radius 2 is 0.803 bits per heavy atom. The van der Waals surface area contributed by atoms with Crippen LogP contribution >= 0.6 is 0 Å². The van der Waals surface area contributed by atoms with Crippen LogP contribution in [0.2, 0.25) is 0 Å². The molecule has 0 radical (unpaired) electrons. The molecular weight excluding hydrogens is 925 g/mol. The molecule has 0 amide bonds.